The molecule has 1 amide bonds. The first-order chi connectivity index (χ1) is 11.9. The predicted octanol–water partition coefficient (Wildman–Crippen LogP) is 2.36. The van der Waals surface area contributed by atoms with E-state index in [1.165, 1.54) is 18.2 Å². The minimum Gasteiger partial charge on any atom is -0.504 e. The van der Waals surface area contributed by atoms with Gasteiger partial charge in [-0.15, -0.1) is 0 Å². The summed E-state index contributed by atoms with van der Waals surface area (Å²) >= 11 is 0. The third kappa shape index (κ3) is 3.76. The zero-order valence-corrected chi connectivity index (χ0v) is 13.1. The molecule has 1 fully saturated rings. The lowest BCUT2D eigenvalue weighted by molar-refractivity contribution is -0.137. The summed E-state index contributed by atoms with van der Waals surface area (Å²) in [5.74, 6) is -0.955. The molecule has 1 aromatic heterocycles. The molecule has 9 heteroatoms. The lowest BCUT2D eigenvalue weighted by Crippen LogP contribution is -2.30. The Bertz CT molecular complexity index is 767. The Morgan fingerprint density at radius 2 is 2.16 bits per heavy atom. The van der Waals surface area contributed by atoms with Crippen molar-refractivity contribution in [3.63, 3.8) is 0 Å². The normalized spacial score (nSPS) is 17.6. The second kappa shape index (κ2) is 6.75. The van der Waals surface area contributed by atoms with Crippen LogP contribution < -0.4 is 5.32 Å². The van der Waals surface area contributed by atoms with Gasteiger partial charge in [-0.25, -0.2) is 4.68 Å². The number of nitrogens with one attached hydrogen (secondary N) is 1. The fraction of sp³-hybridized carbons (Fsp3) is 0.375. The highest BCUT2D eigenvalue weighted by Gasteiger charge is 2.34. The molecule has 2 aromatic rings. The number of carbonyl (C=O) groups excluding carboxylic acids is 1. The van der Waals surface area contributed by atoms with Gasteiger partial charge in [-0.3, -0.25) is 4.79 Å². The lowest BCUT2D eigenvalue weighted by atomic mass is 10.1. The number of ether oxygens (including phenoxy) is 1. The van der Waals surface area contributed by atoms with Gasteiger partial charge in [-0.05, 0) is 18.6 Å². The van der Waals surface area contributed by atoms with Crippen LogP contribution in [0, 0.1) is 5.92 Å². The summed E-state index contributed by atoms with van der Waals surface area (Å²) in [4.78, 5) is 12.1. The van der Waals surface area contributed by atoms with Crippen molar-refractivity contribution < 1.29 is 27.8 Å². The zero-order chi connectivity index (χ0) is 18.0. The SMILES string of the molecule is O=C(NC[C@H]1CCOC1)c1nn(-c2ccccc2C(F)(F)F)cc1O. The van der Waals surface area contributed by atoms with E-state index in [9.17, 15) is 23.1 Å². The van der Waals surface area contributed by atoms with Crippen molar-refractivity contribution in [3.05, 3.63) is 41.7 Å². The van der Waals surface area contributed by atoms with E-state index in [0.29, 0.717) is 19.8 Å². The molecule has 25 heavy (non-hydrogen) atoms. The van der Waals surface area contributed by atoms with E-state index in [1.807, 2.05) is 0 Å². The molecule has 2 N–H and O–H groups in total. The number of aromatic hydroxyl groups is 1. The molecular weight excluding hydrogens is 339 g/mol. The van der Waals surface area contributed by atoms with E-state index in [1.54, 1.807) is 0 Å². The molecule has 6 nitrogen and oxygen atoms in total. The average molecular weight is 355 g/mol. The number of halogens is 3. The maximum absolute atomic E-state index is 13.1. The number of nitrogens with zero attached hydrogens (tertiary/aromatic N) is 2. The van der Waals surface area contributed by atoms with Crippen molar-refractivity contribution >= 4 is 5.91 Å². The Kier molecular flexibility index (Phi) is 4.67. The van der Waals surface area contributed by atoms with Gasteiger partial charge in [0.1, 0.15) is 0 Å². The largest absolute Gasteiger partial charge is 0.504 e. The van der Waals surface area contributed by atoms with Crippen molar-refractivity contribution in [1.29, 1.82) is 0 Å². The summed E-state index contributed by atoms with van der Waals surface area (Å²) in [5.41, 5.74) is -1.50. The number of rotatable bonds is 4. The minimum atomic E-state index is -4.58. The minimum absolute atomic E-state index is 0.180. The van der Waals surface area contributed by atoms with Crippen LogP contribution in [-0.2, 0) is 10.9 Å². The third-order valence-corrected chi connectivity index (χ3v) is 3.94. The second-order valence-electron chi connectivity index (χ2n) is 5.76. The number of hydrogen-bond acceptors (Lipinski definition) is 4. The smallest absolute Gasteiger partial charge is 0.418 e. The standard InChI is InChI=1S/C16H16F3N3O3/c17-16(18,19)11-3-1-2-4-12(11)22-8-13(23)14(21-22)15(24)20-7-10-5-6-25-9-10/h1-4,8,10,23H,5-7,9H2,(H,20,24)/t10-/m1/s1. The molecule has 1 atom stereocenters. The molecular formula is C16H16F3N3O3. The van der Waals surface area contributed by atoms with Crippen molar-refractivity contribution in [2.24, 2.45) is 5.92 Å². The second-order valence-corrected chi connectivity index (χ2v) is 5.76. The van der Waals surface area contributed by atoms with Crippen LogP contribution in [0.25, 0.3) is 5.69 Å². The molecule has 1 aromatic carbocycles. The molecule has 1 saturated heterocycles. The van der Waals surface area contributed by atoms with E-state index in [2.05, 4.69) is 10.4 Å². The number of carbonyl (C=O) groups is 1. The lowest BCUT2D eigenvalue weighted by Gasteiger charge is -2.12. The summed E-state index contributed by atoms with van der Waals surface area (Å²) < 4.78 is 45.3. The van der Waals surface area contributed by atoms with E-state index in [4.69, 9.17) is 4.74 Å². The Hall–Kier alpha value is -2.55. The van der Waals surface area contributed by atoms with Crippen LogP contribution in [-0.4, -0.2) is 40.6 Å². The van der Waals surface area contributed by atoms with Crippen LogP contribution in [0.15, 0.2) is 30.5 Å². The van der Waals surface area contributed by atoms with Crippen molar-refractivity contribution in [2.45, 2.75) is 12.6 Å². The molecule has 2 heterocycles. The van der Waals surface area contributed by atoms with E-state index in [0.717, 1.165) is 23.4 Å². The number of hydrogen-bond donors (Lipinski definition) is 2. The van der Waals surface area contributed by atoms with Gasteiger partial charge in [-0.1, -0.05) is 12.1 Å². The maximum atomic E-state index is 13.1. The number of aromatic nitrogens is 2. The maximum Gasteiger partial charge on any atom is 0.418 e. The van der Waals surface area contributed by atoms with Gasteiger partial charge in [0, 0.05) is 19.1 Å². The van der Waals surface area contributed by atoms with Gasteiger partial charge < -0.3 is 15.2 Å². The quantitative estimate of drug-likeness (QED) is 0.883. The molecule has 3 rings (SSSR count). The van der Waals surface area contributed by atoms with Crippen molar-refractivity contribution in [2.75, 3.05) is 19.8 Å². The Labute approximate surface area is 141 Å². The summed E-state index contributed by atoms with van der Waals surface area (Å²) in [6, 6.07) is 4.80. The Balaban J connectivity index is 1.82. The zero-order valence-electron chi connectivity index (χ0n) is 13.1. The van der Waals surface area contributed by atoms with Gasteiger partial charge in [-0.2, -0.15) is 18.3 Å². The molecule has 1 aliphatic heterocycles. The average Bonchev–Trinajstić information content (AvgIpc) is 3.21. The van der Waals surface area contributed by atoms with E-state index >= 15 is 0 Å². The van der Waals surface area contributed by atoms with E-state index < -0.39 is 23.4 Å². The van der Waals surface area contributed by atoms with Crippen molar-refractivity contribution in [1.82, 2.24) is 15.1 Å². The first kappa shape index (κ1) is 17.3. The fourth-order valence-electron chi connectivity index (χ4n) is 2.63. The molecule has 0 unspecified atom stereocenters. The van der Waals surface area contributed by atoms with Crippen molar-refractivity contribution in [3.8, 4) is 11.4 Å². The number of para-hydroxylation sites is 1. The summed E-state index contributed by atoms with van der Waals surface area (Å²) in [7, 11) is 0. The monoisotopic (exact) mass is 355 g/mol. The van der Waals surface area contributed by atoms with E-state index in [-0.39, 0.29) is 17.3 Å². The Morgan fingerprint density at radius 1 is 1.40 bits per heavy atom. The molecule has 1 aliphatic rings. The van der Waals surface area contributed by atoms with Crippen LogP contribution >= 0.6 is 0 Å². The van der Waals surface area contributed by atoms with Crippen LogP contribution in [0.5, 0.6) is 5.75 Å². The molecule has 0 aliphatic carbocycles. The number of benzene rings is 1. The highest BCUT2D eigenvalue weighted by molar-refractivity contribution is 5.94. The molecule has 134 valence electrons. The summed E-state index contributed by atoms with van der Waals surface area (Å²) in [6.07, 6.45) is -2.78. The van der Waals surface area contributed by atoms with Crippen LogP contribution in [0.4, 0.5) is 13.2 Å². The van der Waals surface area contributed by atoms with Crippen LogP contribution in [0.1, 0.15) is 22.5 Å². The molecule has 0 bridgehead atoms. The van der Waals surface area contributed by atoms with Gasteiger partial charge in [0.25, 0.3) is 5.91 Å². The van der Waals surface area contributed by atoms with Gasteiger partial charge in [0.05, 0.1) is 24.1 Å². The molecule has 0 saturated carbocycles. The molecule has 0 spiro atoms. The Morgan fingerprint density at radius 3 is 2.84 bits per heavy atom. The van der Waals surface area contributed by atoms with Gasteiger partial charge in [0.15, 0.2) is 11.4 Å². The van der Waals surface area contributed by atoms with Crippen LogP contribution in [0.2, 0.25) is 0 Å². The first-order valence-corrected chi connectivity index (χ1v) is 7.67. The highest BCUT2D eigenvalue weighted by atomic mass is 19.4. The number of amides is 1. The van der Waals surface area contributed by atoms with Gasteiger partial charge in [0.2, 0.25) is 0 Å². The fourth-order valence-corrected chi connectivity index (χ4v) is 2.63. The van der Waals surface area contributed by atoms with Crippen LogP contribution in [0.3, 0.4) is 0 Å². The first-order valence-electron chi connectivity index (χ1n) is 7.67. The predicted molar refractivity (Wildman–Crippen MR) is 81.5 cm³/mol. The topological polar surface area (TPSA) is 76.4 Å². The summed E-state index contributed by atoms with van der Waals surface area (Å²) in [6.45, 7) is 1.53. The highest BCUT2D eigenvalue weighted by Crippen LogP contribution is 2.34. The third-order valence-electron chi connectivity index (χ3n) is 3.94. The number of alkyl halides is 3. The van der Waals surface area contributed by atoms with Gasteiger partial charge >= 0.3 is 6.18 Å². The molecule has 0 radical (unpaired) electrons. The summed E-state index contributed by atoms with van der Waals surface area (Å²) in [5, 5.41) is 16.3.